The van der Waals surface area contributed by atoms with Crippen LogP contribution in [0, 0.1) is 0 Å². The first-order chi connectivity index (χ1) is 17.3. The summed E-state index contributed by atoms with van der Waals surface area (Å²) in [5.41, 5.74) is 4.57. The van der Waals surface area contributed by atoms with Crippen molar-refractivity contribution in [3.63, 3.8) is 0 Å². The van der Waals surface area contributed by atoms with Crippen LogP contribution < -0.4 is 4.74 Å². The van der Waals surface area contributed by atoms with Crippen LogP contribution in [0.15, 0.2) is 109 Å². The second kappa shape index (κ2) is 10.0. The molecule has 3 atom stereocenters. The second-order valence-electron chi connectivity index (χ2n) is 9.07. The van der Waals surface area contributed by atoms with Gasteiger partial charge in [-0.25, -0.2) is 0 Å². The number of benzene rings is 4. The normalized spacial score (nSPS) is 21.0. The Morgan fingerprint density at radius 2 is 1.46 bits per heavy atom. The van der Waals surface area contributed by atoms with Gasteiger partial charge in [0.15, 0.2) is 0 Å². The van der Waals surface area contributed by atoms with Crippen molar-refractivity contribution in [1.82, 2.24) is 0 Å². The summed E-state index contributed by atoms with van der Waals surface area (Å²) < 4.78 is 25.2. The van der Waals surface area contributed by atoms with Gasteiger partial charge < -0.3 is 18.9 Å². The minimum atomic E-state index is -0.425. The summed E-state index contributed by atoms with van der Waals surface area (Å²) in [7, 11) is 0. The number of fused-ring (bicyclic) bond motifs is 4. The molecule has 6 rings (SSSR count). The van der Waals surface area contributed by atoms with E-state index in [1.165, 1.54) is 16.3 Å². The predicted octanol–water partition coefficient (Wildman–Crippen LogP) is 6.23. The molecule has 4 heteroatoms. The Morgan fingerprint density at radius 3 is 2.26 bits per heavy atom. The largest absolute Gasteiger partial charge is 0.461 e. The summed E-state index contributed by atoms with van der Waals surface area (Å²) in [4.78, 5) is 0. The lowest BCUT2D eigenvalue weighted by Crippen LogP contribution is -2.45. The standard InChI is InChI=1S/C31H28O4/c1-3-9-22(10-4-1)19-32-21-30-29(33-20-23-11-5-2-6-12-23)18-25-17-27-26-14-8-7-13-24(26)15-16-28(27)34-31(25)35-30/h1-16,18,29-31H,17,19-21H2/t29-,30+,31-/m0/s1. The highest BCUT2D eigenvalue weighted by Crippen LogP contribution is 2.39. The Kier molecular flexibility index (Phi) is 6.33. The van der Waals surface area contributed by atoms with E-state index in [2.05, 4.69) is 66.7 Å². The van der Waals surface area contributed by atoms with Gasteiger partial charge in [-0.3, -0.25) is 0 Å². The summed E-state index contributed by atoms with van der Waals surface area (Å²) >= 11 is 0. The van der Waals surface area contributed by atoms with Crippen molar-refractivity contribution < 1.29 is 18.9 Å². The van der Waals surface area contributed by atoms with Gasteiger partial charge in [0.05, 0.1) is 19.8 Å². The quantitative estimate of drug-likeness (QED) is 0.304. The zero-order valence-electron chi connectivity index (χ0n) is 19.5. The predicted molar refractivity (Wildman–Crippen MR) is 136 cm³/mol. The summed E-state index contributed by atoms with van der Waals surface area (Å²) in [6.45, 7) is 1.46. The Labute approximate surface area is 205 Å². The number of rotatable bonds is 7. The Bertz CT molecular complexity index is 1320. The zero-order chi connectivity index (χ0) is 23.5. The van der Waals surface area contributed by atoms with E-state index < -0.39 is 6.29 Å². The van der Waals surface area contributed by atoms with Crippen LogP contribution in [0.4, 0.5) is 0 Å². The third kappa shape index (κ3) is 4.87. The molecule has 0 saturated carbocycles. The van der Waals surface area contributed by atoms with E-state index in [1.807, 2.05) is 36.4 Å². The van der Waals surface area contributed by atoms with Gasteiger partial charge in [-0.05, 0) is 34.0 Å². The van der Waals surface area contributed by atoms with Crippen molar-refractivity contribution in [3.05, 3.63) is 125 Å². The lowest BCUT2D eigenvalue weighted by molar-refractivity contribution is -0.173. The van der Waals surface area contributed by atoms with E-state index in [0.717, 1.165) is 28.9 Å². The van der Waals surface area contributed by atoms with E-state index >= 15 is 0 Å². The second-order valence-corrected chi connectivity index (χ2v) is 9.07. The molecule has 35 heavy (non-hydrogen) atoms. The average Bonchev–Trinajstić information content (AvgIpc) is 2.92. The van der Waals surface area contributed by atoms with Crippen LogP contribution in [-0.2, 0) is 33.8 Å². The highest BCUT2D eigenvalue weighted by molar-refractivity contribution is 5.88. The number of ether oxygens (including phenoxy) is 4. The van der Waals surface area contributed by atoms with Gasteiger partial charge in [0, 0.05) is 17.6 Å². The lowest BCUT2D eigenvalue weighted by Gasteiger charge is -2.38. The van der Waals surface area contributed by atoms with E-state index in [0.29, 0.717) is 19.8 Å². The van der Waals surface area contributed by atoms with Crippen LogP contribution in [0.25, 0.3) is 10.8 Å². The average molecular weight is 465 g/mol. The van der Waals surface area contributed by atoms with Gasteiger partial charge in [-0.15, -0.1) is 0 Å². The van der Waals surface area contributed by atoms with Crippen LogP contribution in [0.1, 0.15) is 16.7 Å². The molecule has 0 radical (unpaired) electrons. The van der Waals surface area contributed by atoms with E-state index in [4.69, 9.17) is 18.9 Å². The molecule has 0 spiro atoms. The summed E-state index contributed by atoms with van der Waals surface area (Å²) in [6, 6.07) is 33.0. The van der Waals surface area contributed by atoms with Crippen LogP contribution in [-0.4, -0.2) is 25.1 Å². The van der Waals surface area contributed by atoms with Crippen molar-refractivity contribution >= 4 is 10.8 Å². The van der Waals surface area contributed by atoms with Crippen LogP contribution in [0.5, 0.6) is 5.75 Å². The molecule has 0 fully saturated rings. The minimum Gasteiger partial charge on any atom is -0.461 e. The molecule has 2 aliphatic rings. The molecule has 0 aromatic heterocycles. The minimum absolute atomic E-state index is 0.225. The van der Waals surface area contributed by atoms with Crippen LogP contribution in [0.2, 0.25) is 0 Å². The monoisotopic (exact) mass is 464 g/mol. The highest BCUT2D eigenvalue weighted by Gasteiger charge is 2.37. The number of hydrogen-bond acceptors (Lipinski definition) is 4. The smallest absolute Gasteiger partial charge is 0.223 e. The topological polar surface area (TPSA) is 36.9 Å². The van der Waals surface area contributed by atoms with Gasteiger partial charge in [0.2, 0.25) is 6.29 Å². The molecular weight excluding hydrogens is 436 g/mol. The number of hydrogen-bond donors (Lipinski definition) is 0. The molecule has 2 aliphatic heterocycles. The fourth-order valence-corrected chi connectivity index (χ4v) is 4.82. The third-order valence-electron chi connectivity index (χ3n) is 6.64. The molecule has 0 bridgehead atoms. The molecule has 0 N–H and O–H groups in total. The molecule has 0 aliphatic carbocycles. The van der Waals surface area contributed by atoms with Crippen molar-refractivity contribution in [2.45, 2.75) is 38.1 Å². The van der Waals surface area contributed by atoms with Gasteiger partial charge in [0.25, 0.3) is 0 Å². The van der Waals surface area contributed by atoms with Gasteiger partial charge in [0.1, 0.15) is 18.0 Å². The molecule has 4 aromatic carbocycles. The maximum Gasteiger partial charge on any atom is 0.223 e. The summed E-state index contributed by atoms with van der Waals surface area (Å²) in [6.07, 6.45) is 2.06. The SMILES string of the molecule is C1=C2Cc3c(ccc4ccccc34)O[C@H]2O[C@H](COCc2ccccc2)[C@H]1OCc1ccccc1. The molecule has 176 valence electrons. The summed E-state index contributed by atoms with van der Waals surface area (Å²) in [5.74, 6) is 0.887. The maximum atomic E-state index is 6.46. The van der Waals surface area contributed by atoms with E-state index in [9.17, 15) is 0 Å². The van der Waals surface area contributed by atoms with Crippen LogP contribution >= 0.6 is 0 Å². The Balaban J connectivity index is 1.23. The highest BCUT2D eigenvalue weighted by atomic mass is 16.7. The fraction of sp³-hybridized carbons (Fsp3) is 0.226. The fourth-order valence-electron chi connectivity index (χ4n) is 4.82. The molecule has 4 aromatic rings. The molecule has 0 amide bonds. The van der Waals surface area contributed by atoms with Crippen molar-refractivity contribution in [1.29, 1.82) is 0 Å². The molecule has 0 unspecified atom stereocenters. The first kappa shape index (κ1) is 22.1. The molecule has 0 saturated heterocycles. The van der Waals surface area contributed by atoms with Crippen molar-refractivity contribution in [2.75, 3.05) is 6.61 Å². The van der Waals surface area contributed by atoms with E-state index in [1.54, 1.807) is 0 Å². The van der Waals surface area contributed by atoms with Crippen molar-refractivity contribution in [2.24, 2.45) is 0 Å². The van der Waals surface area contributed by atoms with Gasteiger partial charge in [-0.1, -0.05) is 91.0 Å². The van der Waals surface area contributed by atoms with Crippen LogP contribution in [0.3, 0.4) is 0 Å². The Morgan fingerprint density at radius 1 is 0.743 bits per heavy atom. The van der Waals surface area contributed by atoms with Gasteiger partial charge >= 0.3 is 0 Å². The first-order valence-electron chi connectivity index (χ1n) is 12.1. The lowest BCUT2D eigenvalue weighted by atomic mass is 9.92. The van der Waals surface area contributed by atoms with E-state index in [-0.39, 0.29) is 12.2 Å². The molecule has 4 nitrogen and oxygen atoms in total. The third-order valence-corrected chi connectivity index (χ3v) is 6.64. The first-order valence-corrected chi connectivity index (χ1v) is 12.1. The van der Waals surface area contributed by atoms with Gasteiger partial charge in [-0.2, -0.15) is 0 Å². The summed E-state index contributed by atoms with van der Waals surface area (Å²) in [5, 5.41) is 2.44. The Hall–Kier alpha value is -3.44. The molecule has 2 heterocycles. The zero-order valence-corrected chi connectivity index (χ0v) is 19.5. The van der Waals surface area contributed by atoms with Crippen molar-refractivity contribution in [3.8, 4) is 5.75 Å². The maximum absolute atomic E-state index is 6.46. The molecular formula is C31H28O4.